The summed E-state index contributed by atoms with van der Waals surface area (Å²) in [4.78, 5) is 32.4. The van der Waals surface area contributed by atoms with Crippen LogP contribution >= 0.6 is 0 Å². The second kappa shape index (κ2) is 7.63. The Hall–Kier alpha value is -1.63. The number of carboxylic acid groups (broad SMARTS) is 1. The van der Waals surface area contributed by atoms with Gasteiger partial charge in [-0.1, -0.05) is 0 Å². The van der Waals surface area contributed by atoms with Crippen LogP contribution in [0.4, 0.5) is 0 Å². The van der Waals surface area contributed by atoms with Crippen molar-refractivity contribution >= 4 is 17.8 Å². The molecule has 0 fully saturated rings. The van der Waals surface area contributed by atoms with E-state index in [0.717, 1.165) is 0 Å². The van der Waals surface area contributed by atoms with Gasteiger partial charge in [-0.3, -0.25) is 9.59 Å². The van der Waals surface area contributed by atoms with Gasteiger partial charge in [0, 0.05) is 13.0 Å². The summed E-state index contributed by atoms with van der Waals surface area (Å²) >= 11 is 0. The van der Waals surface area contributed by atoms with E-state index in [9.17, 15) is 14.4 Å². The van der Waals surface area contributed by atoms with Crippen LogP contribution in [-0.2, 0) is 19.1 Å². The Morgan fingerprint density at radius 1 is 1.44 bits per heavy atom. The molecule has 1 atom stereocenters. The average molecular weight is 232 g/mol. The zero-order valence-corrected chi connectivity index (χ0v) is 9.06. The maximum absolute atomic E-state index is 11.2. The maximum Gasteiger partial charge on any atom is 0.326 e. The Balaban J connectivity index is 4.03. The normalized spacial score (nSPS) is 11.8. The van der Waals surface area contributed by atoms with E-state index in [0.29, 0.717) is 6.61 Å². The Labute approximate surface area is 92.9 Å². The van der Waals surface area contributed by atoms with Crippen molar-refractivity contribution in [2.24, 2.45) is 5.73 Å². The lowest BCUT2D eigenvalue weighted by Gasteiger charge is -2.12. The van der Waals surface area contributed by atoms with E-state index >= 15 is 0 Å². The van der Waals surface area contributed by atoms with Crippen LogP contribution in [0.15, 0.2) is 0 Å². The Bertz CT molecular complexity index is 267. The second-order valence-corrected chi connectivity index (χ2v) is 3.08. The number of hydrogen-bond acceptors (Lipinski definition) is 4. The van der Waals surface area contributed by atoms with Crippen molar-refractivity contribution in [3.8, 4) is 0 Å². The molecule has 0 unspecified atom stereocenters. The Kier molecular flexibility index (Phi) is 6.86. The predicted molar refractivity (Wildman–Crippen MR) is 54.5 cm³/mol. The van der Waals surface area contributed by atoms with Gasteiger partial charge in [0.15, 0.2) is 0 Å². The van der Waals surface area contributed by atoms with Gasteiger partial charge in [0.2, 0.25) is 11.8 Å². The molecule has 7 nitrogen and oxygen atoms in total. The van der Waals surface area contributed by atoms with Crippen LogP contribution < -0.4 is 11.1 Å². The molecule has 7 heteroatoms. The average Bonchev–Trinajstić information content (AvgIpc) is 2.16. The molecule has 0 aromatic rings. The van der Waals surface area contributed by atoms with Crippen molar-refractivity contribution in [3.05, 3.63) is 0 Å². The van der Waals surface area contributed by atoms with Crippen LogP contribution in [0.3, 0.4) is 0 Å². The third-order valence-electron chi connectivity index (χ3n) is 1.72. The zero-order valence-electron chi connectivity index (χ0n) is 9.06. The van der Waals surface area contributed by atoms with Gasteiger partial charge >= 0.3 is 5.97 Å². The first-order valence-electron chi connectivity index (χ1n) is 4.85. The fourth-order valence-electron chi connectivity index (χ4n) is 0.977. The van der Waals surface area contributed by atoms with Gasteiger partial charge in [0.1, 0.15) is 6.04 Å². The minimum absolute atomic E-state index is 0.0520. The molecule has 0 spiro atoms. The quantitative estimate of drug-likeness (QED) is 0.457. The van der Waals surface area contributed by atoms with Crippen LogP contribution in [0.1, 0.15) is 19.8 Å². The summed E-state index contributed by atoms with van der Waals surface area (Å²) in [5.41, 5.74) is 4.85. The molecular formula is C9H16N2O5. The van der Waals surface area contributed by atoms with Crippen molar-refractivity contribution in [1.82, 2.24) is 5.32 Å². The van der Waals surface area contributed by atoms with E-state index in [1.54, 1.807) is 6.92 Å². The highest BCUT2D eigenvalue weighted by molar-refractivity contribution is 5.88. The summed E-state index contributed by atoms with van der Waals surface area (Å²) < 4.78 is 4.93. The van der Waals surface area contributed by atoms with Crippen molar-refractivity contribution in [1.29, 1.82) is 0 Å². The second-order valence-electron chi connectivity index (χ2n) is 3.08. The van der Waals surface area contributed by atoms with Gasteiger partial charge in [-0.25, -0.2) is 4.79 Å². The summed E-state index contributed by atoms with van der Waals surface area (Å²) in [6, 6.07) is -1.27. The molecule has 0 rings (SSSR count). The first kappa shape index (κ1) is 14.4. The van der Waals surface area contributed by atoms with E-state index < -0.39 is 30.2 Å². The summed E-state index contributed by atoms with van der Waals surface area (Å²) in [5.74, 6) is -2.55. The first-order chi connectivity index (χ1) is 7.47. The third kappa shape index (κ3) is 6.77. The molecule has 0 aliphatic carbocycles. The lowest BCUT2D eigenvalue weighted by Crippen LogP contribution is -2.43. The van der Waals surface area contributed by atoms with Gasteiger partial charge in [-0.2, -0.15) is 0 Å². The SMILES string of the molecule is CCOCCC(=O)N[C@@H](CC(N)=O)C(=O)O. The topological polar surface area (TPSA) is 119 Å². The molecule has 0 aliphatic heterocycles. The molecule has 0 aliphatic rings. The number of nitrogens with two attached hydrogens (primary N) is 1. The monoisotopic (exact) mass is 232 g/mol. The van der Waals surface area contributed by atoms with Crippen LogP contribution in [0.5, 0.6) is 0 Å². The van der Waals surface area contributed by atoms with Gasteiger partial charge in [0.05, 0.1) is 13.0 Å². The van der Waals surface area contributed by atoms with Gasteiger partial charge in [-0.05, 0) is 6.92 Å². The van der Waals surface area contributed by atoms with Gasteiger partial charge in [0.25, 0.3) is 0 Å². The number of primary amides is 1. The lowest BCUT2D eigenvalue weighted by molar-refractivity contribution is -0.143. The summed E-state index contributed by atoms with van der Waals surface area (Å²) in [6.45, 7) is 2.48. The highest BCUT2D eigenvalue weighted by Gasteiger charge is 2.21. The van der Waals surface area contributed by atoms with Crippen LogP contribution in [0, 0.1) is 0 Å². The molecule has 0 bridgehead atoms. The largest absolute Gasteiger partial charge is 0.480 e. The van der Waals surface area contributed by atoms with Gasteiger partial charge < -0.3 is 20.9 Å². The predicted octanol–water partition coefficient (Wildman–Crippen LogP) is -1.14. The minimum Gasteiger partial charge on any atom is -0.480 e. The molecule has 0 saturated heterocycles. The molecule has 0 radical (unpaired) electrons. The lowest BCUT2D eigenvalue weighted by atomic mass is 10.2. The molecule has 0 saturated carbocycles. The molecule has 0 aromatic heterocycles. The standard InChI is InChI=1S/C9H16N2O5/c1-2-16-4-3-8(13)11-6(9(14)15)5-7(10)12/h6H,2-5H2,1H3,(H2,10,12)(H,11,13)(H,14,15)/t6-/m0/s1. The van der Waals surface area contributed by atoms with Gasteiger partial charge in [-0.15, -0.1) is 0 Å². The van der Waals surface area contributed by atoms with Crippen LogP contribution in [0.25, 0.3) is 0 Å². The molecule has 16 heavy (non-hydrogen) atoms. The molecule has 92 valence electrons. The van der Waals surface area contributed by atoms with Crippen molar-refractivity contribution < 1.29 is 24.2 Å². The fraction of sp³-hybridized carbons (Fsp3) is 0.667. The zero-order chi connectivity index (χ0) is 12.6. The minimum atomic E-state index is -1.29. The number of aliphatic carboxylic acids is 1. The van der Waals surface area contributed by atoms with E-state index in [2.05, 4.69) is 5.32 Å². The van der Waals surface area contributed by atoms with Crippen molar-refractivity contribution in [3.63, 3.8) is 0 Å². The highest BCUT2D eigenvalue weighted by atomic mass is 16.5. The number of ether oxygens (including phenoxy) is 1. The molecule has 0 aromatic carbocycles. The fourth-order valence-corrected chi connectivity index (χ4v) is 0.977. The van der Waals surface area contributed by atoms with E-state index in [1.165, 1.54) is 0 Å². The van der Waals surface area contributed by atoms with E-state index in [4.69, 9.17) is 15.6 Å². The first-order valence-corrected chi connectivity index (χ1v) is 4.85. The number of rotatable bonds is 8. The number of nitrogens with one attached hydrogen (secondary N) is 1. The number of carboxylic acids is 1. The smallest absolute Gasteiger partial charge is 0.326 e. The van der Waals surface area contributed by atoms with Crippen molar-refractivity contribution in [2.75, 3.05) is 13.2 Å². The summed E-state index contributed by atoms with van der Waals surface area (Å²) in [5, 5.41) is 10.9. The maximum atomic E-state index is 11.2. The molecule has 0 heterocycles. The third-order valence-corrected chi connectivity index (χ3v) is 1.72. The number of amides is 2. The summed E-state index contributed by atoms with van der Waals surface area (Å²) in [6.07, 6.45) is -0.369. The van der Waals surface area contributed by atoms with E-state index in [1.807, 2.05) is 0 Å². The highest BCUT2D eigenvalue weighted by Crippen LogP contribution is 1.93. The van der Waals surface area contributed by atoms with Crippen molar-refractivity contribution in [2.45, 2.75) is 25.8 Å². The number of hydrogen-bond donors (Lipinski definition) is 3. The Morgan fingerprint density at radius 2 is 2.06 bits per heavy atom. The van der Waals surface area contributed by atoms with E-state index in [-0.39, 0.29) is 13.0 Å². The molecule has 4 N–H and O–H groups in total. The molecule has 2 amide bonds. The Morgan fingerprint density at radius 3 is 2.50 bits per heavy atom. The molecular weight excluding hydrogens is 216 g/mol. The van der Waals surface area contributed by atoms with Crippen LogP contribution in [-0.4, -0.2) is 42.1 Å². The number of carbonyl (C=O) groups excluding carboxylic acids is 2. The summed E-state index contributed by atoms with van der Waals surface area (Å²) in [7, 11) is 0. The van der Waals surface area contributed by atoms with Crippen LogP contribution in [0.2, 0.25) is 0 Å². The number of carbonyl (C=O) groups is 3.